The Labute approximate surface area is 193 Å². The first-order valence-electron chi connectivity index (χ1n) is 9.50. The number of rotatable bonds is 3. The van der Waals surface area contributed by atoms with E-state index in [1.807, 2.05) is 109 Å². The fourth-order valence-electron chi connectivity index (χ4n) is 3.03. The van der Waals surface area contributed by atoms with Crippen molar-refractivity contribution in [2.24, 2.45) is 0 Å². The predicted molar refractivity (Wildman–Crippen MR) is 118 cm³/mol. The van der Waals surface area contributed by atoms with E-state index in [1.165, 1.54) is 0 Å². The molecule has 30 heavy (non-hydrogen) atoms. The maximum atomic E-state index is 4.34. The number of para-hydroxylation sites is 1. The number of anilines is 3. The van der Waals surface area contributed by atoms with E-state index in [0.29, 0.717) is 0 Å². The van der Waals surface area contributed by atoms with Gasteiger partial charge in [-0.25, -0.2) is 9.97 Å². The number of benzene rings is 1. The molecule has 0 aliphatic carbocycles. The monoisotopic (exact) mass is 576 g/mol. The van der Waals surface area contributed by atoms with Crippen LogP contribution in [0.1, 0.15) is 0 Å². The second-order valence-electron chi connectivity index (χ2n) is 6.61. The van der Waals surface area contributed by atoms with Crippen molar-refractivity contribution in [2.75, 3.05) is 34.7 Å². The number of nitrogens with zero attached hydrogens (tertiary/aromatic N) is 6. The van der Waals surface area contributed by atoms with Crippen LogP contribution in [-0.4, -0.2) is 42.6 Å². The molecule has 153 valence electrons. The molecule has 0 atom stereocenters. The summed E-state index contributed by atoms with van der Waals surface area (Å²) in [6.07, 6.45) is 7.63. The van der Waals surface area contributed by atoms with Crippen LogP contribution >= 0.6 is 0 Å². The van der Waals surface area contributed by atoms with Gasteiger partial charge in [0.1, 0.15) is 11.6 Å². The van der Waals surface area contributed by atoms with Gasteiger partial charge in [0.2, 0.25) is 0 Å². The Morgan fingerprint density at radius 2 is 1.50 bits per heavy atom. The summed E-state index contributed by atoms with van der Waals surface area (Å²) in [5.41, 5.74) is 1.07. The van der Waals surface area contributed by atoms with Gasteiger partial charge in [0.05, 0.1) is 0 Å². The zero-order valence-electron chi connectivity index (χ0n) is 16.7. The predicted octanol–water partition coefficient (Wildman–Crippen LogP) is 3.16. The average molecular weight is 576 g/mol. The first-order valence-corrected chi connectivity index (χ1v) is 9.50. The molecule has 2 aliphatic rings. The number of hydrogen-bond acceptors (Lipinski definition) is 6. The van der Waals surface area contributed by atoms with Gasteiger partial charge >= 0.3 is 28.6 Å². The molecule has 4 heterocycles. The second kappa shape index (κ2) is 10.8. The van der Waals surface area contributed by atoms with Gasteiger partial charge < -0.3 is 19.4 Å². The minimum atomic E-state index is 0. The van der Waals surface area contributed by atoms with Crippen molar-refractivity contribution in [1.29, 1.82) is 0 Å². The van der Waals surface area contributed by atoms with Crippen LogP contribution in [-0.2, 0) is 21.1 Å². The van der Waals surface area contributed by atoms with Gasteiger partial charge in [0.15, 0.2) is 0 Å². The van der Waals surface area contributed by atoms with Crippen molar-refractivity contribution in [3.63, 3.8) is 0 Å². The van der Waals surface area contributed by atoms with Gasteiger partial charge in [-0.3, -0.25) is 0 Å². The van der Waals surface area contributed by atoms with Gasteiger partial charge in [0.25, 0.3) is 0 Å². The quantitative estimate of drug-likeness (QED) is 0.353. The summed E-state index contributed by atoms with van der Waals surface area (Å²) in [5, 5.41) is 0. The van der Waals surface area contributed by atoms with E-state index in [2.05, 4.69) is 33.2 Å². The summed E-state index contributed by atoms with van der Waals surface area (Å²) in [6, 6.07) is 22.9. The van der Waals surface area contributed by atoms with Crippen LogP contribution in [0.2, 0.25) is 0 Å². The van der Waals surface area contributed by atoms with E-state index in [9.17, 15) is 0 Å². The summed E-state index contributed by atoms with van der Waals surface area (Å²) in [7, 11) is 4.06. The first-order chi connectivity index (χ1) is 14.3. The molecule has 0 saturated carbocycles. The molecule has 1 fully saturated rings. The van der Waals surface area contributed by atoms with Crippen LogP contribution in [0.15, 0.2) is 85.5 Å². The summed E-state index contributed by atoms with van der Waals surface area (Å²) >= 11 is 0. The first kappa shape index (κ1) is 21.9. The largest absolute Gasteiger partial charge is 2.00 e. The maximum Gasteiger partial charge on any atom is 2.00 e. The molecule has 0 unspecified atom stereocenters. The van der Waals surface area contributed by atoms with E-state index < -0.39 is 0 Å². The van der Waals surface area contributed by atoms with Gasteiger partial charge in [-0.1, -0.05) is 12.1 Å². The SMILES string of the molecule is CN1C=CN(c2[c-]cccc2)[CH-]1.[B]1N(c2ccccn2)CCN1c1ccccn1.[Pt+2]. The van der Waals surface area contributed by atoms with Crippen molar-refractivity contribution >= 4 is 24.9 Å². The van der Waals surface area contributed by atoms with E-state index in [1.54, 1.807) is 0 Å². The summed E-state index contributed by atoms with van der Waals surface area (Å²) in [5.74, 6) is 1.96. The summed E-state index contributed by atoms with van der Waals surface area (Å²) in [4.78, 5) is 17.0. The molecule has 3 aromatic rings. The van der Waals surface area contributed by atoms with Crippen LogP contribution in [0.5, 0.6) is 0 Å². The molecule has 2 aromatic heterocycles. The van der Waals surface area contributed by atoms with Crippen molar-refractivity contribution in [1.82, 2.24) is 14.9 Å². The van der Waals surface area contributed by atoms with Crippen LogP contribution < -0.4 is 14.5 Å². The van der Waals surface area contributed by atoms with Gasteiger partial charge in [0, 0.05) is 25.5 Å². The molecule has 6 nitrogen and oxygen atoms in total. The zero-order chi connectivity index (χ0) is 19.9. The van der Waals surface area contributed by atoms with E-state index in [0.717, 1.165) is 30.4 Å². The number of aromatic nitrogens is 2. The van der Waals surface area contributed by atoms with Gasteiger partial charge in [-0.15, -0.1) is 5.69 Å². The molecule has 0 spiro atoms. The molecule has 2 aliphatic heterocycles. The molecule has 0 bridgehead atoms. The van der Waals surface area contributed by atoms with Crippen LogP contribution in [0.25, 0.3) is 0 Å². The molecule has 5 rings (SSSR count). The average Bonchev–Trinajstić information content (AvgIpc) is 3.46. The Hall–Kier alpha value is -2.79. The third-order valence-corrected chi connectivity index (χ3v) is 4.49. The Kier molecular flexibility index (Phi) is 7.92. The Balaban J connectivity index is 0.000000175. The Bertz CT molecular complexity index is 867. The maximum absolute atomic E-state index is 4.34. The third-order valence-electron chi connectivity index (χ3n) is 4.49. The van der Waals surface area contributed by atoms with Crippen LogP contribution in [0, 0.1) is 12.7 Å². The molecule has 1 saturated heterocycles. The Morgan fingerprint density at radius 1 is 0.867 bits per heavy atom. The van der Waals surface area contributed by atoms with E-state index in [4.69, 9.17) is 0 Å². The third kappa shape index (κ3) is 5.64. The van der Waals surface area contributed by atoms with Gasteiger partial charge in [-0.2, -0.15) is 37.0 Å². The topological polar surface area (TPSA) is 38.7 Å². The van der Waals surface area contributed by atoms with E-state index in [-0.39, 0.29) is 21.1 Å². The summed E-state index contributed by atoms with van der Waals surface area (Å²) < 4.78 is 0. The van der Waals surface area contributed by atoms with Crippen molar-refractivity contribution in [2.45, 2.75) is 0 Å². The molecule has 1 radical (unpaired) electrons. The smallest absolute Gasteiger partial charge is 0.510 e. The van der Waals surface area contributed by atoms with Gasteiger partial charge in [-0.05, 0) is 43.7 Å². The van der Waals surface area contributed by atoms with Crippen LogP contribution in [0.3, 0.4) is 0 Å². The van der Waals surface area contributed by atoms with Crippen LogP contribution in [0.4, 0.5) is 17.3 Å². The normalized spacial score (nSPS) is 14.7. The second-order valence-corrected chi connectivity index (χ2v) is 6.61. The molecule has 8 heteroatoms. The number of hydrogen-bond donors (Lipinski definition) is 0. The zero-order valence-corrected chi connectivity index (χ0v) is 18.9. The Morgan fingerprint density at radius 3 is 1.97 bits per heavy atom. The number of pyridine rings is 2. The van der Waals surface area contributed by atoms with Crippen molar-refractivity contribution < 1.29 is 21.1 Å². The molecule has 1 aromatic carbocycles. The molecular formula is C22H22BN6Pt. The standard InChI is InChI=1S/C12H12BN4.C10H10N2.Pt/c1-3-7-14-11(5-1)16-9-10-17(13-16)12-6-2-4-8-15-12;1-11-7-8-12(9-11)10-5-3-2-4-6-10;/h1-8H,9-10H2;2-5,7-9H,1H3;/q;-2;+2. The fourth-order valence-corrected chi connectivity index (χ4v) is 3.03. The minimum Gasteiger partial charge on any atom is -0.510 e. The van der Waals surface area contributed by atoms with Crippen molar-refractivity contribution in [3.8, 4) is 0 Å². The molecule has 0 N–H and O–H groups in total. The van der Waals surface area contributed by atoms with Crippen molar-refractivity contribution in [3.05, 3.63) is 98.2 Å². The molecular weight excluding hydrogens is 554 g/mol. The summed E-state index contributed by atoms with van der Waals surface area (Å²) in [6.45, 7) is 3.88. The van der Waals surface area contributed by atoms with E-state index >= 15 is 0 Å². The minimum absolute atomic E-state index is 0. The fraction of sp³-hybridized carbons (Fsp3) is 0.136. The molecule has 0 amide bonds.